The minimum absolute atomic E-state index is 0.0496. The van der Waals surface area contributed by atoms with Crippen molar-refractivity contribution >= 4 is 10.0 Å². The summed E-state index contributed by atoms with van der Waals surface area (Å²) >= 11 is 0. The van der Waals surface area contributed by atoms with Crippen LogP contribution < -0.4 is 0 Å². The van der Waals surface area contributed by atoms with Crippen molar-refractivity contribution in [3.05, 3.63) is 42.1 Å². The fourth-order valence-corrected chi connectivity index (χ4v) is 2.68. The summed E-state index contributed by atoms with van der Waals surface area (Å²) < 4.78 is 27.6. The van der Waals surface area contributed by atoms with Gasteiger partial charge in [-0.1, -0.05) is 6.07 Å². The van der Waals surface area contributed by atoms with Crippen LogP contribution >= 0.6 is 0 Å². The SMILES string of the molecule is CN(Cc1nccn1C)S(=O)(=O)c1ccc(CO)cn1. The molecule has 1 N–H and O–H groups in total. The number of hydrogen-bond acceptors (Lipinski definition) is 5. The highest BCUT2D eigenvalue weighted by Crippen LogP contribution is 2.14. The van der Waals surface area contributed by atoms with Crippen LogP contribution in [0.15, 0.2) is 35.7 Å². The van der Waals surface area contributed by atoms with Crippen molar-refractivity contribution in [2.24, 2.45) is 7.05 Å². The standard InChI is InChI=1S/C12H16N4O3S/c1-15-6-5-13-11(15)8-16(2)20(18,19)12-4-3-10(9-17)7-14-12/h3-7,17H,8-9H2,1-2H3. The lowest BCUT2D eigenvalue weighted by atomic mass is 10.3. The van der Waals surface area contributed by atoms with Gasteiger partial charge in [0.15, 0.2) is 5.03 Å². The first kappa shape index (κ1) is 14.6. The molecule has 0 aromatic carbocycles. The van der Waals surface area contributed by atoms with E-state index in [9.17, 15) is 8.42 Å². The molecule has 2 aromatic heterocycles. The first-order chi connectivity index (χ1) is 9.45. The van der Waals surface area contributed by atoms with Gasteiger partial charge < -0.3 is 9.67 Å². The summed E-state index contributed by atoms with van der Waals surface area (Å²) in [6.07, 6.45) is 4.72. The maximum atomic E-state index is 12.3. The molecule has 0 amide bonds. The quantitative estimate of drug-likeness (QED) is 0.847. The van der Waals surface area contributed by atoms with Gasteiger partial charge in [0.05, 0.1) is 13.2 Å². The van der Waals surface area contributed by atoms with Crippen LogP contribution in [-0.2, 0) is 30.2 Å². The van der Waals surface area contributed by atoms with E-state index in [1.165, 1.54) is 29.7 Å². The summed E-state index contributed by atoms with van der Waals surface area (Å²) in [6, 6.07) is 2.92. The van der Waals surface area contributed by atoms with E-state index in [0.717, 1.165) is 0 Å². The van der Waals surface area contributed by atoms with Crippen LogP contribution in [-0.4, -0.2) is 39.4 Å². The lowest BCUT2D eigenvalue weighted by Crippen LogP contribution is -2.28. The molecule has 0 unspecified atom stereocenters. The van der Waals surface area contributed by atoms with E-state index < -0.39 is 10.0 Å². The minimum Gasteiger partial charge on any atom is -0.392 e. The van der Waals surface area contributed by atoms with Gasteiger partial charge in [-0.15, -0.1) is 0 Å². The number of rotatable bonds is 5. The molecule has 0 radical (unpaired) electrons. The Morgan fingerprint density at radius 3 is 2.60 bits per heavy atom. The van der Waals surface area contributed by atoms with Gasteiger partial charge in [0, 0.05) is 32.7 Å². The van der Waals surface area contributed by atoms with Crippen molar-refractivity contribution in [2.75, 3.05) is 7.05 Å². The second-order valence-corrected chi connectivity index (χ2v) is 6.37. The number of sulfonamides is 1. The zero-order valence-corrected chi connectivity index (χ0v) is 12.1. The van der Waals surface area contributed by atoms with E-state index in [2.05, 4.69) is 9.97 Å². The molecule has 0 aliphatic rings. The van der Waals surface area contributed by atoms with Crippen molar-refractivity contribution in [2.45, 2.75) is 18.2 Å². The molecule has 2 rings (SSSR count). The highest BCUT2D eigenvalue weighted by Gasteiger charge is 2.23. The van der Waals surface area contributed by atoms with E-state index in [1.54, 1.807) is 24.0 Å². The fourth-order valence-electron chi connectivity index (χ4n) is 1.65. The third-order valence-corrected chi connectivity index (χ3v) is 4.66. The van der Waals surface area contributed by atoms with E-state index in [1.807, 2.05) is 0 Å². The molecule has 0 atom stereocenters. The smallest absolute Gasteiger partial charge is 0.260 e. The first-order valence-electron chi connectivity index (χ1n) is 5.93. The molecule has 0 aliphatic carbocycles. The second kappa shape index (κ2) is 5.70. The Morgan fingerprint density at radius 1 is 1.35 bits per heavy atom. The van der Waals surface area contributed by atoms with Crippen LogP contribution in [0.5, 0.6) is 0 Å². The van der Waals surface area contributed by atoms with Crippen LogP contribution in [0.4, 0.5) is 0 Å². The Kier molecular flexibility index (Phi) is 4.17. The predicted octanol–water partition coefficient (Wildman–Crippen LogP) is 0.128. The summed E-state index contributed by atoms with van der Waals surface area (Å²) in [5, 5.41) is 8.88. The van der Waals surface area contributed by atoms with Gasteiger partial charge in [0.2, 0.25) is 0 Å². The van der Waals surface area contributed by atoms with Crippen LogP contribution in [0.1, 0.15) is 11.4 Å². The van der Waals surface area contributed by atoms with Crippen LogP contribution in [0.25, 0.3) is 0 Å². The Balaban J connectivity index is 2.22. The normalized spacial score (nSPS) is 12.0. The van der Waals surface area contributed by atoms with Gasteiger partial charge in [0.25, 0.3) is 10.0 Å². The molecular formula is C12H16N4O3S. The lowest BCUT2D eigenvalue weighted by molar-refractivity contribution is 0.281. The molecule has 2 aromatic rings. The van der Waals surface area contributed by atoms with Crippen molar-refractivity contribution < 1.29 is 13.5 Å². The third-order valence-electron chi connectivity index (χ3n) is 2.94. The summed E-state index contributed by atoms with van der Waals surface area (Å²) in [5.74, 6) is 0.642. The molecule has 0 spiro atoms. The number of pyridine rings is 1. The minimum atomic E-state index is -3.67. The van der Waals surface area contributed by atoms with E-state index >= 15 is 0 Å². The summed E-state index contributed by atoms with van der Waals surface area (Å²) in [6.45, 7) is -0.00823. The van der Waals surface area contributed by atoms with Crippen molar-refractivity contribution in [3.63, 3.8) is 0 Å². The molecule has 20 heavy (non-hydrogen) atoms. The Labute approximate surface area is 117 Å². The summed E-state index contributed by atoms with van der Waals surface area (Å²) in [4.78, 5) is 7.97. The number of hydrogen-bond donors (Lipinski definition) is 1. The zero-order chi connectivity index (χ0) is 14.8. The number of aryl methyl sites for hydroxylation is 1. The molecule has 0 saturated heterocycles. The van der Waals surface area contributed by atoms with Crippen LogP contribution in [0.2, 0.25) is 0 Å². The molecule has 8 heteroatoms. The summed E-state index contributed by atoms with van der Waals surface area (Å²) in [5.41, 5.74) is 0.565. The van der Waals surface area contributed by atoms with E-state index in [-0.39, 0.29) is 18.2 Å². The van der Waals surface area contributed by atoms with E-state index in [4.69, 9.17) is 5.11 Å². The maximum absolute atomic E-state index is 12.3. The van der Waals surface area contributed by atoms with Gasteiger partial charge in [-0.3, -0.25) is 0 Å². The van der Waals surface area contributed by atoms with Crippen molar-refractivity contribution in [1.29, 1.82) is 0 Å². The van der Waals surface area contributed by atoms with E-state index in [0.29, 0.717) is 11.4 Å². The second-order valence-electron chi connectivity index (χ2n) is 4.38. The predicted molar refractivity (Wildman–Crippen MR) is 72.0 cm³/mol. The molecule has 7 nitrogen and oxygen atoms in total. The average molecular weight is 296 g/mol. The van der Waals surface area contributed by atoms with Crippen molar-refractivity contribution in [1.82, 2.24) is 18.8 Å². The maximum Gasteiger partial charge on any atom is 0.260 e. The molecule has 0 fully saturated rings. The molecular weight excluding hydrogens is 280 g/mol. The number of aliphatic hydroxyl groups excluding tert-OH is 1. The summed E-state index contributed by atoms with van der Waals surface area (Å²) in [7, 11) is -0.389. The molecule has 2 heterocycles. The topological polar surface area (TPSA) is 88.3 Å². The van der Waals surface area contributed by atoms with Gasteiger partial charge in [0.1, 0.15) is 5.82 Å². The van der Waals surface area contributed by atoms with Crippen LogP contribution in [0.3, 0.4) is 0 Å². The molecule has 0 bridgehead atoms. The zero-order valence-electron chi connectivity index (χ0n) is 11.3. The average Bonchev–Trinajstić information content (AvgIpc) is 2.84. The Morgan fingerprint density at radius 2 is 2.10 bits per heavy atom. The van der Waals surface area contributed by atoms with Crippen LogP contribution in [0, 0.1) is 0 Å². The molecule has 108 valence electrons. The van der Waals surface area contributed by atoms with Gasteiger partial charge >= 0.3 is 0 Å². The highest BCUT2D eigenvalue weighted by molar-refractivity contribution is 7.89. The number of aliphatic hydroxyl groups is 1. The Bertz CT molecular complexity index is 679. The molecule has 0 aliphatic heterocycles. The highest BCUT2D eigenvalue weighted by atomic mass is 32.2. The third kappa shape index (κ3) is 2.87. The molecule has 0 saturated carbocycles. The van der Waals surface area contributed by atoms with Gasteiger partial charge in [-0.2, -0.15) is 4.31 Å². The number of aromatic nitrogens is 3. The number of imidazole rings is 1. The fraction of sp³-hybridized carbons (Fsp3) is 0.333. The van der Waals surface area contributed by atoms with Gasteiger partial charge in [-0.25, -0.2) is 18.4 Å². The Hall–Kier alpha value is -1.77. The monoisotopic (exact) mass is 296 g/mol. The lowest BCUT2D eigenvalue weighted by Gasteiger charge is -2.16. The number of nitrogens with zero attached hydrogens (tertiary/aromatic N) is 4. The van der Waals surface area contributed by atoms with Crippen molar-refractivity contribution in [3.8, 4) is 0 Å². The van der Waals surface area contributed by atoms with Gasteiger partial charge in [-0.05, 0) is 11.6 Å². The first-order valence-corrected chi connectivity index (χ1v) is 7.37. The largest absolute Gasteiger partial charge is 0.392 e.